The highest BCUT2D eigenvalue weighted by Gasteiger charge is 2.49. The third kappa shape index (κ3) is 6.91. The van der Waals surface area contributed by atoms with Gasteiger partial charge in [-0.15, -0.1) is 0 Å². The van der Waals surface area contributed by atoms with Crippen molar-refractivity contribution in [3.8, 4) is 11.8 Å². The van der Waals surface area contributed by atoms with Crippen LogP contribution in [-0.4, -0.2) is 80.4 Å². The van der Waals surface area contributed by atoms with Gasteiger partial charge in [-0.3, -0.25) is 9.69 Å². The summed E-state index contributed by atoms with van der Waals surface area (Å²) >= 11 is 5.88. The standard InChI is InChI=1S/C31H39ClFN5O4/c1-30(2,3)42-29(40)38-12-10-37(11-13-38)9-5-8-31(41)17-21-14-20(15-22(21)18-31)26-27(36(4)19-34-26)28(39)35-23-6-7-25(33)24(32)16-23/h6-7,16,19-22,41H,9-15,17-18H2,1-4H3,(H,35,39). The Hall–Kier alpha value is -3.13. The highest BCUT2D eigenvalue weighted by atomic mass is 35.5. The normalized spacial score (nSPS) is 26.0. The number of nitrogens with one attached hydrogen (secondary N) is 1. The molecular weight excluding hydrogens is 561 g/mol. The van der Waals surface area contributed by atoms with E-state index in [1.165, 1.54) is 18.2 Å². The second-order valence-electron chi connectivity index (χ2n) is 12.8. The van der Waals surface area contributed by atoms with Gasteiger partial charge in [0.1, 0.15) is 22.7 Å². The molecule has 0 radical (unpaired) electrons. The number of aryl methyl sites for hydroxylation is 1. The molecule has 2 unspecified atom stereocenters. The predicted octanol–water partition coefficient (Wildman–Crippen LogP) is 4.66. The lowest BCUT2D eigenvalue weighted by atomic mass is 9.92. The van der Waals surface area contributed by atoms with Crippen LogP contribution in [0.3, 0.4) is 0 Å². The highest BCUT2D eigenvalue weighted by molar-refractivity contribution is 6.31. The number of halogens is 2. The van der Waals surface area contributed by atoms with Gasteiger partial charge in [-0.1, -0.05) is 23.4 Å². The van der Waals surface area contributed by atoms with Gasteiger partial charge in [-0.25, -0.2) is 14.2 Å². The van der Waals surface area contributed by atoms with Gasteiger partial charge in [0.25, 0.3) is 5.91 Å². The number of amides is 2. The van der Waals surface area contributed by atoms with Gasteiger partial charge in [0.15, 0.2) is 0 Å². The second-order valence-corrected chi connectivity index (χ2v) is 13.3. The molecule has 2 aromatic rings. The van der Waals surface area contributed by atoms with E-state index in [4.69, 9.17) is 16.3 Å². The first kappa shape index (κ1) is 30.3. The molecule has 2 aliphatic carbocycles. The van der Waals surface area contributed by atoms with E-state index in [1.807, 2.05) is 20.8 Å². The van der Waals surface area contributed by atoms with E-state index < -0.39 is 17.0 Å². The minimum atomic E-state index is -1.01. The van der Waals surface area contributed by atoms with Gasteiger partial charge in [0.2, 0.25) is 0 Å². The molecule has 2 atom stereocenters. The van der Waals surface area contributed by atoms with E-state index in [0.29, 0.717) is 68.8 Å². The maximum atomic E-state index is 13.5. The van der Waals surface area contributed by atoms with Gasteiger partial charge in [-0.2, -0.15) is 0 Å². The first-order valence-electron chi connectivity index (χ1n) is 14.5. The molecule has 9 nitrogen and oxygen atoms in total. The number of piperazine rings is 1. The summed E-state index contributed by atoms with van der Waals surface area (Å²) in [5, 5.41) is 14.0. The molecule has 226 valence electrons. The summed E-state index contributed by atoms with van der Waals surface area (Å²) in [4.78, 5) is 34.0. The average Bonchev–Trinajstić information content (AvgIpc) is 3.56. The van der Waals surface area contributed by atoms with Crippen molar-refractivity contribution < 1.29 is 23.8 Å². The van der Waals surface area contributed by atoms with E-state index in [0.717, 1.165) is 18.5 Å². The molecule has 2 N–H and O–H groups in total. The summed E-state index contributed by atoms with van der Waals surface area (Å²) in [6, 6.07) is 4.08. The van der Waals surface area contributed by atoms with Crippen LogP contribution in [-0.2, 0) is 11.8 Å². The Morgan fingerprint density at radius 1 is 1.19 bits per heavy atom. The topological polar surface area (TPSA) is 99.9 Å². The number of aliphatic hydroxyl groups is 1. The lowest BCUT2D eigenvalue weighted by Crippen LogP contribution is -2.50. The molecule has 0 bridgehead atoms. The van der Waals surface area contributed by atoms with E-state index in [2.05, 4.69) is 27.0 Å². The number of carbonyl (C=O) groups excluding carboxylic acids is 2. The first-order chi connectivity index (χ1) is 19.8. The molecule has 3 aliphatic rings. The molecule has 2 heterocycles. The monoisotopic (exact) mass is 599 g/mol. The number of fused-ring (bicyclic) bond motifs is 1. The van der Waals surface area contributed by atoms with Crippen molar-refractivity contribution in [3.05, 3.63) is 46.8 Å². The number of anilines is 1. The van der Waals surface area contributed by atoms with E-state index in [1.54, 1.807) is 22.8 Å². The zero-order chi connectivity index (χ0) is 30.2. The Kier molecular flexibility index (Phi) is 8.57. The van der Waals surface area contributed by atoms with Crippen LogP contribution in [0.1, 0.15) is 68.6 Å². The number of aromatic nitrogens is 2. The molecule has 1 saturated heterocycles. The van der Waals surface area contributed by atoms with Crippen molar-refractivity contribution in [2.45, 2.75) is 63.6 Å². The lowest BCUT2D eigenvalue weighted by Gasteiger charge is -2.34. The van der Waals surface area contributed by atoms with Crippen LogP contribution in [0.15, 0.2) is 24.5 Å². The lowest BCUT2D eigenvalue weighted by molar-refractivity contribution is 0.0155. The van der Waals surface area contributed by atoms with Crippen molar-refractivity contribution in [2.75, 3.05) is 38.0 Å². The predicted molar refractivity (Wildman–Crippen MR) is 158 cm³/mol. The zero-order valence-electron chi connectivity index (χ0n) is 24.6. The van der Waals surface area contributed by atoms with Gasteiger partial charge < -0.3 is 24.6 Å². The van der Waals surface area contributed by atoms with Crippen LogP contribution >= 0.6 is 11.6 Å². The van der Waals surface area contributed by atoms with Crippen molar-refractivity contribution in [2.24, 2.45) is 18.9 Å². The van der Waals surface area contributed by atoms with Crippen LogP contribution in [0.5, 0.6) is 0 Å². The number of ether oxygens (including phenoxy) is 1. The molecular formula is C31H39ClFN5O4. The smallest absolute Gasteiger partial charge is 0.410 e. The third-order valence-corrected chi connectivity index (χ3v) is 8.72. The zero-order valence-corrected chi connectivity index (χ0v) is 25.4. The van der Waals surface area contributed by atoms with Crippen molar-refractivity contribution in [1.82, 2.24) is 19.4 Å². The number of imidazole rings is 1. The molecule has 11 heteroatoms. The molecule has 5 rings (SSSR count). The fourth-order valence-electron chi connectivity index (χ4n) is 6.51. The van der Waals surface area contributed by atoms with Crippen LogP contribution in [0.4, 0.5) is 14.9 Å². The Morgan fingerprint density at radius 3 is 2.48 bits per heavy atom. The molecule has 3 fully saturated rings. The highest BCUT2D eigenvalue weighted by Crippen LogP contribution is 2.53. The summed E-state index contributed by atoms with van der Waals surface area (Å²) in [6.07, 6.45) is 4.24. The maximum Gasteiger partial charge on any atom is 0.410 e. The van der Waals surface area contributed by atoms with Gasteiger partial charge in [-0.05, 0) is 76.5 Å². The number of hydrogen-bond donors (Lipinski definition) is 2. The van der Waals surface area contributed by atoms with E-state index >= 15 is 0 Å². The molecule has 2 amide bonds. The Labute approximate surface area is 251 Å². The van der Waals surface area contributed by atoms with Crippen LogP contribution in [0.25, 0.3) is 0 Å². The summed E-state index contributed by atoms with van der Waals surface area (Å²) in [5.74, 6) is 6.22. The summed E-state index contributed by atoms with van der Waals surface area (Å²) < 4.78 is 20.7. The Balaban J connectivity index is 1.13. The van der Waals surface area contributed by atoms with Crippen LogP contribution in [0.2, 0.25) is 5.02 Å². The van der Waals surface area contributed by atoms with Crippen LogP contribution in [0, 0.1) is 29.5 Å². The van der Waals surface area contributed by atoms with Crippen molar-refractivity contribution >= 4 is 29.3 Å². The Bertz CT molecular complexity index is 1390. The summed E-state index contributed by atoms with van der Waals surface area (Å²) in [6.45, 7) is 8.76. The fraction of sp³-hybridized carbons (Fsp3) is 0.581. The summed E-state index contributed by atoms with van der Waals surface area (Å²) in [5.41, 5.74) is 0.115. The largest absolute Gasteiger partial charge is 0.444 e. The first-order valence-corrected chi connectivity index (χ1v) is 14.9. The maximum absolute atomic E-state index is 13.5. The fourth-order valence-corrected chi connectivity index (χ4v) is 6.69. The average molecular weight is 600 g/mol. The van der Waals surface area contributed by atoms with E-state index in [-0.39, 0.29) is 22.9 Å². The number of nitrogens with zero attached hydrogens (tertiary/aromatic N) is 4. The minimum absolute atomic E-state index is 0.0574. The molecule has 2 saturated carbocycles. The molecule has 0 spiro atoms. The van der Waals surface area contributed by atoms with E-state index in [9.17, 15) is 19.1 Å². The van der Waals surface area contributed by atoms with Gasteiger partial charge in [0.05, 0.1) is 23.6 Å². The van der Waals surface area contributed by atoms with Gasteiger partial charge in [0, 0.05) is 44.8 Å². The molecule has 42 heavy (non-hydrogen) atoms. The van der Waals surface area contributed by atoms with Crippen LogP contribution < -0.4 is 5.32 Å². The minimum Gasteiger partial charge on any atom is -0.444 e. The SMILES string of the molecule is Cn1cnc(C2CC3CC(O)(C#CCN4CCN(C(=O)OC(C)(C)C)CC4)CC3C2)c1C(=O)Nc1ccc(F)c(Cl)c1. The second kappa shape index (κ2) is 11.9. The quantitative estimate of drug-likeness (QED) is 0.496. The van der Waals surface area contributed by atoms with Gasteiger partial charge >= 0.3 is 6.09 Å². The Morgan fingerprint density at radius 2 is 1.86 bits per heavy atom. The number of rotatable bonds is 4. The van der Waals surface area contributed by atoms with Crippen molar-refractivity contribution in [3.63, 3.8) is 0 Å². The molecule has 1 aromatic carbocycles. The molecule has 1 aliphatic heterocycles. The number of benzene rings is 1. The summed E-state index contributed by atoms with van der Waals surface area (Å²) in [7, 11) is 1.78. The number of carbonyl (C=O) groups is 2. The number of hydrogen-bond acceptors (Lipinski definition) is 6. The molecule has 1 aromatic heterocycles. The third-order valence-electron chi connectivity index (χ3n) is 8.43. The van der Waals surface area contributed by atoms with Crippen molar-refractivity contribution in [1.29, 1.82) is 0 Å².